The Hall–Kier alpha value is -3.07. The summed E-state index contributed by atoms with van der Waals surface area (Å²) in [6.45, 7) is 2.61. The van der Waals surface area contributed by atoms with E-state index in [0.29, 0.717) is 12.3 Å². The number of piperidine rings is 1. The summed E-state index contributed by atoms with van der Waals surface area (Å²) in [5, 5.41) is 0. The average Bonchev–Trinajstić information content (AvgIpc) is 3.18. The van der Waals surface area contributed by atoms with Crippen molar-refractivity contribution in [2.75, 3.05) is 32.8 Å². The highest BCUT2D eigenvalue weighted by atomic mass is 19.1. The molecule has 170 valence electrons. The molecule has 4 rings (SSSR count). The van der Waals surface area contributed by atoms with Crippen molar-refractivity contribution >= 4 is 12.2 Å². The number of hydrogen-bond donors (Lipinski definition) is 0. The number of aromatic nitrogens is 1. The first-order valence-corrected chi connectivity index (χ1v) is 10.7. The van der Waals surface area contributed by atoms with Gasteiger partial charge in [0.1, 0.15) is 24.3 Å². The fourth-order valence-electron chi connectivity index (χ4n) is 4.22. The number of carbonyl (C=O) groups is 2. The number of halogens is 2. The highest BCUT2D eigenvalue weighted by Crippen LogP contribution is 2.30. The van der Waals surface area contributed by atoms with E-state index >= 15 is 0 Å². The van der Waals surface area contributed by atoms with Crippen LogP contribution in [0.2, 0.25) is 0 Å². The van der Waals surface area contributed by atoms with Crippen molar-refractivity contribution in [3.8, 4) is 0 Å². The lowest BCUT2D eigenvalue weighted by molar-refractivity contribution is 0.0969. The maximum atomic E-state index is 13.5. The quantitative estimate of drug-likeness (QED) is 0.619. The van der Waals surface area contributed by atoms with Crippen LogP contribution in [0.25, 0.3) is 0 Å². The Morgan fingerprint density at radius 1 is 1.16 bits per heavy atom. The van der Waals surface area contributed by atoms with Crippen LogP contribution in [0.4, 0.5) is 18.4 Å². The molecule has 1 atom stereocenters. The molecule has 1 aromatic heterocycles. The highest BCUT2D eigenvalue weighted by molar-refractivity contribution is 5.89. The van der Waals surface area contributed by atoms with E-state index in [9.17, 15) is 18.4 Å². The van der Waals surface area contributed by atoms with E-state index in [1.165, 1.54) is 0 Å². The molecule has 1 aromatic carbocycles. The van der Waals surface area contributed by atoms with E-state index in [0.717, 1.165) is 61.3 Å². The summed E-state index contributed by atoms with van der Waals surface area (Å²) in [6.07, 6.45) is 2.73. The lowest BCUT2D eigenvalue weighted by Gasteiger charge is -2.31. The number of benzene rings is 1. The van der Waals surface area contributed by atoms with Crippen LogP contribution in [0.1, 0.15) is 42.5 Å². The Labute approximate surface area is 184 Å². The minimum Gasteiger partial charge on any atom is -0.449 e. The first-order valence-electron chi connectivity index (χ1n) is 10.7. The van der Waals surface area contributed by atoms with Crippen LogP contribution in [0.15, 0.2) is 42.6 Å². The molecule has 1 unspecified atom stereocenters. The normalized spacial score (nSPS) is 19.8. The van der Waals surface area contributed by atoms with E-state index < -0.39 is 29.9 Å². The molecular formula is C23H25F2N3O4. The van der Waals surface area contributed by atoms with Gasteiger partial charge < -0.3 is 14.4 Å². The molecule has 32 heavy (non-hydrogen) atoms. The molecule has 0 aliphatic carbocycles. The van der Waals surface area contributed by atoms with Gasteiger partial charge in [-0.1, -0.05) is 6.07 Å². The zero-order chi connectivity index (χ0) is 22.5. The van der Waals surface area contributed by atoms with Gasteiger partial charge in [-0.05, 0) is 62.2 Å². The minimum atomic E-state index is -0.925. The first kappa shape index (κ1) is 22.1. The summed E-state index contributed by atoms with van der Waals surface area (Å²) in [6, 6.07) is 7.94. The minimum absolute atomic E-state index is 0.132. The predicted molar refractivity (Wildman–Crippen MR) is 111 cm³/mol. The number of pyridine rings is 1. The van der Waals surface area contributed by atoms with E-state index in [1.54, 1.807) is 0 Å². The molecular weight excluding hydrogens is 420 g/mol. The van der Waals surface area contributed by atoms with Gasteiger partial charge in [-0.3, -0.25) is 4.98 Å². The standard InChI is InChI=1S/C23H25F2N3O4/c24-18-12-17(13-19(25)14-18)21-15-32-23(30)28(21)22(29)31-11-3-8-27-9-5-16(6-10-27)20-4-1-2-7-26-20/h1-2,4,7,12-14,16,21H,3,5-6,8-11,15H2. The van der Waals surface area contributed by atoms with Crippen LogP contribution in [0, 0.1) is 11.6 Å². The van der Waals surface area contributed by atoms with E-state index in [2.05, 4.69) is 16.0 Å². The summed E-state index contributed by atoms with van der Waals surface area (Å²) in [5.74, 6) is -1.12. The largest absolute Gasteiger partial charge is 0.449 e. The van der Waals surface area contributed by atoms with Crippen molar-refractivity contribution in [2.24, 2.45) is 0 Å². The second kappa shape index (κ2) is 10.0. The Morgan fingerprint density at radius 3 is 2.59 bits per heavy atom. The summed E-state index contributed by atoms with van der Waals surface area (Å²) >= 11 is 0. The number of imide groups is 1. The molecule has 0 radical (unpaired) electrons. The zero-order valence-corrected chi connectivity index (χ0v) is 17.6. The van der Waals surface area contributed by atoms with Crippen molar-refractivity contribution in [3.63, 3.8) is 0 Å². The molecule has 2 aliphatic rings. The summed E-state index contributed by atoms with van der Waals surface area (Å²) in [5.41, 5.74) is 1.27. The van der Waals surface area contributed by atoms with Gasteiger partial charge in [-0.25, -0.2) is 23.3 Å². The molecule has 2 fully saturated rings. The second-order valence-corrected chi connectivity index (χ2v) is 8.00. The van der Waals surface area contributed by atoms with Gasteiger partial charge in [-0.15, -0.1) is 0 Å². The molecule has 0 spiro atoms. The van der Waals surface area contributed by atoms with Gasteiger partial charge in [0.2, 0.25) is 0 Å². The second-order valence-electron chi connectivity index (χ2n) is 8.00. The summed E-state index contributed by atoms with van der Waals surface area (Å²) in [4.78, 5) is 32.0. The van der Waals surface area contributed by atoms with Gasteiger partial charge in [0, 0.05) is 30.4 Å². The Kier molecular flexibility index (Phi) is 6.94. The smallest absolute Gasteiger partial charge is 0.420 e. The highest BCUT2D eigenvalue weighted by Gasteiger charge is 2.40. The average molecular weight is 445 g/mol. The Bertz CT molecular complexity index is 931. The topological polar surface area (TPSA) is 72.0 Å². The Balaban J connectivity index is 1.23. The lowest BCUT2D eigenvalue weighted by Crippen LogP contribution is -2.36. The molecule has 2 saturated heterocycles. The number of amides is 2. The monoisotopic (exact) mass is 445 g/mol. The molecule has 0 N–H and O–H groups in total. The van der Waals surface area contributed by atoms with Crippen molar-refractivity contribution in [1.29, 1.82) is 0 Å². The molecule has 0 bridgehead atoms. The van der Waals surface area contributed by atoms with Crippen LogP contribution in [-0.4, -0.2) is 59.8 Å². The van der Waals surface area contributed by atoms with Crippen molar-refractivity contribution < 1.29 is 27.8 Å². The maximum absolute atomic E-state index is 13.5. The number of cyclic esters (lactones) is 1. The van der Waals surface area contributed by atoms with Gasteiger partial charge in [0.05, 0.1) is 6.61 Å². The van der Waals surface area contributed by atoms with Gasteiger partial charge in [-0.2, -0.15) is 0 Å². The molecule has 2 aliphatic heterocycles. The third kappa shape index (κ3) is 5.21. The number of carbonyl (C=O) groups excluding carboxylic acids is 2. The third-order valence-corrected chi connectivity index (χ3v) is 5.88. The summed E-state index contributed by atoms with van der Waals surface area (Å²) in [7, 11) is 0. The van der Waals surface area contributed by atoms with Crippen LogP contribution < -0.4 is 0 Å². The molecule has 3 heterocycles. The first-order chi connectivity index (χ1) is 15.5. The number of rotatable bonds is 6. The van der Waals surface area contributed by atoms with Gasteiger partial charge in [0.15, 0.2) is 0 Å². The van der Waals surface area contributed by atoms with Crippen LogP contribution in [-0.2, 0) is 9.47 Å². The van der Waals surface area contributed by atoms with Crippen molar-refractivity contribution in [2.45, 2.75) is 31.2 Å². The predicted octanol–water partition coefficient (Wildman–Crippen LogP) is 4.26. The van der Waals surface area contributed by atoms with Crippen molar-refractivity contribution in [3.05, 3.63) is 65.5 Å². The molecule has 2 aromatic rings. The van der Waals surface area contributed by atoms with Crippen LogP contribution in [0.3, 0.4) is 0 Å². The van der Waals surface area contributed by atoms with Crippen molar-refractivity contribution in [1.82, 2.24) is 14.8 Å². The molecule has 0 saturated carbocycles. The number of likely N-dealkylation sites (tertiary alicyclic amines) is 1. The maximum Gasteiger partial charge on any atom is 0.420 e. The van der Waals surface area contributed by atoms with E-state index in [4.69, 9.17) is 9.47 Å². The van der Waals surface area contributed by atoms with Crippen LogP contribution >= 0.6 is 0 Å². The SMILES string of the molecule is O=C(OCCCN1CCC(c2ccccn2)CC1)N1C(=O)OCC1c1cc(F)cc(F)c1. The van der Waals surface area contributed by atoms with Gasteiger partial charge in [0.25, 0.3) is 0 Å². The fourth-order valence-corrected chi connectivity index (χ4v) is 4.22. The van der Waals surface area contributed by atoms with E-state index in [1.807, 2.05) is 18.3 Å². The van der Waals surface area contributed by atoms with Crippen LogP contribution in [0.5, 0.6) is 0 Å². The lowest BCUT2D eigenvalue weighted by atomic mass is 9.93. The zero-order valence-electron chi connectivity index (χ0n) is 17.6. The molecule has 9 heteroatoms. The van der Waals surface area contributed by atoms with E-state index in [-0.39, 0.29) is 18.8 Å². The summed E-state index contributed by atoms with van der Waals surface area (Å²) < 4.78 is 37.2. The molecule has 7 nitrogen and oxygen atoms in total. The number of ether oxygens (including phenoxy) is 2. The molecule has 2 amide bonds. The fraction of sp³-hybridized carbons (Fsp3) is 0.435. The number of nitrogens with zero attached hydrogens (tertiary/aromatic N) is 3. The van der Waals surface area contributed by atoms with Gasteiger partial charge >= 0.3 is 12.2 Å². The number of hydrogen-bond acceptors (Lipinski definition) is 6. The Morgan fingerprint density at radius 2 is 1.91 bits per heavy atom. The third-order valence-electron chi connectivity index (χ3n) is 5.88.